The quantitative estimate of drug-likeness (QED) is 0.0749. The summed E-state index contributed by atoms with van der Waals surface area (Å²) in [5.74, 6) is -3.38. The van der Waals surface area contributed by atoms with Gasteiger partial charge in [-0.3, -0.25) is 25.4 Å². The summed E-state index contributed by atoms with van der Waals surface area (Å²) in [6.45, 7) is 9.68. The summed E-state index contributed by atoms with van der Waals surface area (Å²) in [6.07, 6.45) is -1.98. The van der Waals surface area contributed by atoms with E-state index in [0.717, 1.165) is 0 Å². The number of benzene rings is 3. The van der Waals surface area contributed by atoms with Crippen LogP contribution in [0.3, 0.4) is 0 Å². The molecule has 0 amide bonds. The van der Waals surface area contributed by atoms with Crippen molar-refractivity contribution in [2.24, 2.45) is 0 Å². The zero-order valence-corrected chi connectivity index (χ0v) is 26.3. The van der Waals surface area contributed by atoms with Crippen molar-refractivity contribution in [1.29, 1.82) is 0 Å². The van der Waals surface area contributed by atoms with Crippen LogP contribution in [0.15, 0.2) is 72.8 Å². The van der Waals surface area contributed by atoms with Gasteiger partial charge < -0.3 is 19.3 Å². The molecule has 248 valence electrons. The maximum atomic E-state index is 13.3. The topological polar surface area (TPSA) is 188 Å². The van der Waals surface area contributed by atoms with Crippen LogP contribution in [0.5, 0.6) is 17.2 Å². The number of carbonyl (C=O) groups excluding carboxylic acids is 3. The Labute approximate surface area is 265 Å². The van der Waals surface area contributed by atoms with Gasteiger partial charge in [0, 0.05) is 0 Å². The molecule has 3 aromatic carbocycles. The fourth-order valence-corrected chi connectivity index (χ4v) is 4.15. The van der Waals surface area contributed by atoms with E-state index in [-0.39, 0.29) is 17.2 Å². The number of ether oxygens (including phenoxy) is 3. The fraction of sp³-hybridized carbons (Fsp3) is 0.364. The van der Waals surface area contributed by atoms with E-state index < -0.39 is 53.2 Å². The van der Waals surface area contributed by atoms with Crippen molar-refractivity contribution in [2.45, 2.75) is 76.8 Å². The first kappa shape index (κ1) is 36.3. The number of aliphatic hydroxyl groups is 1. The summed E-state index contributed by atoms with van der Waals surface area (Å²) in [6, 6.07) is 17.6. The smallest absolute Gasteiger partial charge is 0.344 e. The molecule has 4 N–H and O–H groups in total. The Hall–Kier alpha value is -4.21. The van der Waals surface area contributed by atoms with E-state index in [1.807, 2.05) is 0 Å². The molecule has 13 nitrogen and oxygen atoms in total. The molecule has 0 spiro atoms. The molecular formula is C33H38O13. The lowest BCUT2D eigenvalue weighted by molar-refractivity contribution is -0.318. The van der Waals surface area contributed by atoms with Crippen molar-refractivity contribution >= 4 is 17.9 Å². The van der Waals surface area contributed by atoms with Crippen LogP contribution in [0.4, 0.5) is 0 Å². The molecule has 0 aliphatic carbocycles. The Balaban J connectivity index is 1.81. The van der Waals surface area contributed by atoms with Gasteiger partial charge in [0.2, 0.25) is 0 Å². The third-order valence-electron chi connectivity index (χ3n) is 7.26. The van der Waals surface area contributed by atoms with Crippen molar-refractivity contribution < 1.29 is 64.1 Å². The Morgan fingerprint density at radius 3 is 1.02 bits per heavy atom. The summed E-state index contributed by atoms with van der Waals surface area (Å²) >= 11 is 0. The van der Waals surface area contributed by atoms with E-state index in [2.05, 4.69) is 14.7 Å². The molecule has 3 aromatic rings. The minimum absolute atomic E-state index is 0.0312. The molecule has 0 saturated carbocycles. The van der Waals surface area contributed by atoms with E-state index in [1.165, 1.54) is 48.5 Å². The minimum Gasteiger partial charge on any atom is -0.426 e. The molecule has 0 radical (unpaired) electrons. The van der Waals surface area contributed by atoms with Crippen molar-refractivity contribution in [3.8, 4) is 17.2 Å². The predicted molar refractivity (Wildman–Crippen MR) is 161 cm³/mol. The third-order valence-corrected chi connectivity index (χ3v) is 7.26. The molecule has 0 aliphatic heterocycles. The Bertz CT molecular complexity index is 1420. The first-order valence-corrected chi connectivity index (χ1v) is 14.1. The van der Waals surface area contributed by atoms with E-state index in [1.54, 1.807) is 65.8 Å². The molecule has 3 rings (SSSR count). The molecule has 0 bridgehead atoms. The lowest BCUT2D eigenvalue weighted by atomic mass is 9.95. The molecule has 0 aromatic heterocycles. The van der Waals surface area contributed by atoms with Gasteiger partial charge in [0.15, 0.2) is 5.60 Å². The third kappa shape index (κ3) is 9.17. The lowest BCUT2D eigenvalue weighted by Gasteiger charge is -2.25. The van der Waals surface area contributed by atoms with Gasteiger partial charge in [-0.25, -0.2) is 19.5 Å². The van der Waals surface area contributed by atoms with Gasteiger partial charge in [-0.1, -0.05) is 36.4 Å². The van der Waals surface area contributed by atoms with Crippen LogP contribution < -0.4 is 14.2 Å². The highest BCUT2D eigenvalue weighted by atomic mass is 17.1. The van der Waals surface area contributed by atoms with Crippen LogP contribution in [0, 0.1) is 0 Å². The highest BCUT2D eigenvalue weighted by molar-refractivity contribution is 5.92. The van der Waals surface area contributed by atoms with Gasteiger partial charge >= 0.3 is 17.9 Å². The van der Waals surface area contributed by atoms with Gasteiger partial charge in [0.25, 0.3) is 0 Å². The first-order valence-electron chi connectivity index (χ1n) is 14.1. The summed E-state index contributed by atoms with van der Waals surface area (Å²) < 4.78 is 15.9. The summed E-state index contributed by atoms with van der Waals surface area (Å²) in [7, 11) is 0. The molecule has 46 heavy (non-hydrogen) atoms. The van der Waals surface area contributed by atoms with E-state index in [0.29, 0.717) is 16.7 Å². The number of hydrogen-bond acceptors (Lipinski definition) is 13. The van der Waals surface area contributed by atoms with Crippen molar-refractivity contribution in [3.05, 3.63) is 89.5 Å². The monoisotopic (exact) mass is 642 g/mol. The molecule has 0 saturated heterocycles. The lowest BCUT2D eigenvalue weighted by Crippen LogP contribution is -2.46. The normalized spacial score (nSPS) is 12.4. The van der Waals surface area contributed by atoms with Crippen LogP contribution in [0.2, 0.25) is 0 Å². The van der Waals surface area contributed by atoms with E-state index in [9.17, 15) is 19.5 Å². The summed E-state index contributed by atoms with van der Waals surface area (Å²) in [5, 5.41) is 38.7. The molecule has 13 heteroatoms. The van der Waals surface area contributed by atoms with Crippen molar-refractivity contribution in [1.82, 2.24) is 0 Å². The minimum atomic E-state index is -2.72. The second kappa shape index (κ2) is 14.5. The molecule has 0 aliphatic rings. The Morgan fingerprint density at radius 2 is 0.761 bits per heavy atom. The average Bonchev–Trinajstić information content (AvgIpc) is 3.01. The largest absolute Gasteiger partial charge is 0.426 e. The van der Waals surface area contributed by atoms with Crippen molar-refractivity contribution in [2.75, 3.05) is 0 Å². The van der Waals surface area contributed by atoms with Crippen LogP contribution in [0.25, 0.3) is 0 Å². The van der Waals surface area contributed by atoms with Gasteiger partial charge in [-0.05, 0) is 94.6 Å². The summed E-state index contributed by atoms with van der Waals surface area (Å²) in [4.78, 5) is 52.5. The second-order valence-corrected chi connectivity index (χ2v) is 12.1. The molecular weight excluding hydrogens is 604 g/mol. The highest BCUT2D eigenvalue weighted by Crippen LogP contribution is 2.30. The maximum Gasteiger partial charge on any atom is 0.344 e. The van der Waals surface area contributed by atoms with E-state index >= 15 is 0 Å². The van der Waals surface area contributed by atoms with Gasteiger partial charge in [-0.2, -0.15) is 0 Å². The second-order valence-electron chi connectivity index (χ2n) is 12.1. The first-order chi connectivity index (χ1) is 21.4. The van der Waals surface area contributed by atoms with Crippen molar-refractivity contribution in [3.63, 3.8) is 0 Å². The van der Waals surface area contributed by atoms with Gasteiger partial charge in [0.1, 0.15) is 34.1 Å². The zero-order valence-electron chi connectivity index (χ0n) is 26.3. The van der Waals surface area contributed by atoms with Crippen LogP contribution in [-0.2, 0) is 45.8 Å². The maximum absolute atomic E-state index is 13.3. The number of carbonyl (C=O) groups is 3. The Morgan fingerprint density at radius 1 is 0.500 bits per heavy atom. The summed E-state index contributed by atoms with van der Waals surface area (Å²) in [5.41, 5.74) is -4.17. The fourth-order valence-electron chi connectivity index (χ4n) is 4.15. The van der Waals surface area contributed by atoms with Crippen LogP contribution in [0.1, 0.15) is 71.1 Å². The van der Waals surface area contributed by atoms with Crippen LogP contribution in [-0.4, -0.2) is 44.4 Å². The van der Waals surface area contributed by atoms with Gasteiger partial charge in [-0.15, -0.1) is 0 Å². The Kier molecular flexibility index (Phi) is 11.4. The van der Waals surface area contributed by atoms with Crippen LogP contribution >= 0.6 is 0 Å². The number of rotatable bonds is 14. The van der Waals surface area contributed by atoms with E-state index in [4.69, 9.17) is 30.0 Å². The standard InChI is InChI=1S/C33H38O13/c1-30(2,44-38)21-7-13-24(14-8-21)41-27(34)19-33(37,29(36)43-26-17-11-23(12-18-26)32(5,6)46-40)20-28(35)42-25-15-9-22(10-16-25)31(3,4)45-39/h7-18,37-40H,19-20H2,1-6H3. The number of hydrogen-bond donors (Lipinski definition) is 4. The predicted octanol–water partition coefficient (Wildman–Crippen LogP) is 5.49. The average molecular weight is 643 g/mol. The molecule has 0 atom stereocenters. The number of esters is 3. The molecule has 0 heterocycles. The van der Waals surface area contributed by atoms with Gasteiger partial charge in [0.05, 0.1) is 12.8 Å². The zero-order chi connectivity index (χ0) is 34.3. The highest BCUT2D eigenvalue weighted by Gasteiger charge is 2.44. The molecule has 0 fully saturated rings. The molecule has 0 unspecified atom stereocenters. The SMILES string of the molecule is CC(C)(OO)c1ccc(OC(=O)CC(O)(CC(=O)Oc2ccc(C(C)(C)OO)cc2)C(=O)Oc2ccc(C(C)(C)OO)cc2)cc1.